The van der Waals surface area contributed by atoms with Crippen LogP contribution >= 0.6 is 0 Å². The number of benzene rings is 2. The van der Waals surface area contributed by atoms with E-state index in [2.05, 4.69) is 26.5 Å². The molecular weight excluding hydrogens is 419 g/mol. The lowest BCUT2D eigenvalue weighted by Gasteiger charge is -2.32. The number of aryl methyl sites for hydroxylation is 1. The van der Waals surface area contributed by atoms with Gasteiger partial charge in [0.25, 0.3) is 0 Å². The molecule has 1 amide bonds. The Bertz CT molecular complexity index is 1300. The Morgan fingerprint density at radius 3 is 2.67 bits per heavy atom. The molecule has 0 saturated carbocycles. The van der Waals surface area contributed by atoms with E-state index in [1.54, 1.807) is 22.7 Å². The molecule has 33 heavy (non-hydrogen) atoms. The van der Waals surface area contributed by atoms with Crippen molar-refractivity contribution in [1.29, 1.82) is 0 Å². The molecule has 1 aliphatic rings. The predicted molar refractivity (Wildman–Crippen MR) is 124 cm³/mol. The molecule has 1 saturated heterocycles. The zero-order chi connectivity index (χ0) is 22.8. The highest BCUT2D eigenvalue weighted by atomic mass is 19.1. The number of carbonyl (C=O) groups is 1. The monoisotopic (exact) mass is 444 g/mol. The van der Waals surface area contributed by atoms with Gasteiger partial charge in [0.05, 0.1) is 0 Å². The van der Waals surface area contributed by atoms with E-state index in [0.717, 1.165) is 42.9 Å². The molecule has 7 nitrogen and oxygen atoms in total. The zero-order valence-electron chi connectivity index (χ0n) is 18.4. The molecular formula is C25H25FN6O. The molecule has 4 aromatic rings. The van der Waals surface area contributed by atoms with Crippen molar-refractivity contribution in [3.05, 3.63) is 77.6 Å². The molecule has 8 heteroatoms. The van der Waals surface area contributed by atoms with Gasteiger partial charge in [-0.1, -0.05) is 42.0 Å². The van der Waals surface area contributed by atoms with E-state index < -0.39 is 0 Å². The highest BCUT2D eigenvalue weighted by Crippen LogP contribution is 2.24. The third kappa shape index (κ3) is 4.41. The SMILES string of the molecule is Cc1cccc(-c2nnc3ccc(N4CCC(C(=O)NCc5ccccc5F)CC4)nn23)c1. The molecule has 2 aromatic carbocycles. The molecule has 0 radical (unpaired) electrons. The predicted octanol–water partition coefficient (Wildman–Crippen LogP) is 3.77. The third-order valence-electron chi connectivity index (χ3n) is 6.13. The van der Waals surface area contributed by atoms with Crippen LogP contribution < -0.4 is 10.2 Å². The van der Waals surface area contributed by atoms with Crippen molar-refractivity contribution >= 4 is 17.4 Å². The Hall–Kier alpha value is -3.81. The summed E-state index contributed by atoms with van der Waals surface area (Å²) in [4.78, 5) is 14.8. The van der Waals surface area contributed by atoms with Gasteiger partial charge in [0, 0.05) is 36.7 Å². The Morgan fingerprint density at radius 1 is 1.06 bits per heavy atom. The van der Waals surface area contributed by atoms with E-state index >= 15 is 0 Å². The maximum absolute atomic E-state index is 13.8. The maximum atomic E-state index is 13.8. The fourth-order valence-corrected chi connectivity index (χ4v) is 4.25. The fraction of sp³-hybridized carbons (Fsp3) is 0.280. The Kier molecular flexibility index (Phi) is 5.73. The minimum Gasteiger partial charge on any atom is -0.355 e. The van der Waals surface area contributed by atoms with Crippen LogP contribution in [-0.4, -0.2) is 38.8 Å². The lowest BCUT2D eigenvalue weighted by molar-refractivity contribution is -0.125. The van der Waals surface area contributed by atoms with Crippen molar-refractivity contribution in [2.45, 2.75) is 26.3 Å². The van der Waals surface area contributed by atoms with Crippen molar-refractivity contribution in [3.63, 3.8) is 0 Å². The van der Waals surface area contributed by atoms with Gasteiger partial charge in [-0.25, -0.2) is 4.39 Å². The highest BCUT2D eigenvalue weighted by Gasteiger charge is 2.26. The van der Waals surface area contributed by atoms with Crippen LogP contribution in [0.3, 0.4) is 0 Å². The molecule has 0 aliphatic carbocycles. The Labute approximate surface area is 191 Å². The van der Waals surface area contributed by atoms with Gasteiger partial charge in [-0.2, -0.15) is 4.52 Å². The maximum Gasteiger partial charge on any atom is 0.223 e. The summed E-state index contributed by atoms with van der Waals surface area (Å²) < 4.78 is 15.6. The second kappa shape index (κ2) is 8.97. The normalized spacial score (nSPS) is 14.5. The summed E-state index contributed by atoms with van der Waals surface area (Å²) in [6, 6.07) is 18.5. The zero-order valence-corrected chi connectivity index (χ0v) is 18.4. The van der Waals surface area contributed by atoms with Crippen LogP contribution in [0.5, 0.6) is 0 Å². The second-order valence-corrected chi connectivity index (χ2v) is 8.43. The largest absolute Gasteiger partial charge is 0.355 e. The van der Waals surface area contributed by atoms with E-state index in [1.807, 2.05) is 37.3 Å². The summed E-state index contributed by atoms with van der Waals surface area (Å²) in [6.45, 7) is 3.69. The van der Waals surface area contributed by atoms with E-state index in [-0.39, 0.29) is 24.2 Å². The number of anilines is 1. The van der Waals surface area contributed by atoms with Crippen LogP contribution in [0.15, 0.2) is 60.7 Å². The van der Waals surface area contributed by atoms with Crippen LogP contribution in [0, 0.1) is 18.7 Å². The summed E-state index contributed by atoms with van der Waals surface area (Å²) in [7, 11) is 0. The first kappa shape index (κ1) is 21.1. The van der Waals surface area contributed by atoms with Gasteiger partial charge in [-0.15, -0.1) is 15.3 Å². The minimum atomic E-state index is -0.298. The smallest absolute Gasteiger partial charge is 0.223 e. The van der Waals surface area contributed by atoms with Gasteiger partial charge in [0.2, 0.25) is 5.91 Å². The van der Waals surface area contributed by atoms with Gasteiger partial charge < -0.3 is 10.2 Å². The number of halogens is 1. The summed E-state index contributed by atoms with van der Waals surface area (Å²) >= 11 is 0. The van der Waals surface area contributed by atoms with E-state index in [1.165, 1.54) is 6.07 Å². The molecule has 0 spiro atoms. The fourth-order valence-electron chi connectivity index (χ4n) is 4.25. The van der Waals surface area contributed by atoms with Crippen LogP contribution in [0.25, 0.3) is 17.0 Å². The molecule has 1 aliphatic heterocycles. The van der Waals surface area contributed by atoms with Gasteiger partial charge in [0.15, 0.2) is 11.5 Å². The average Bonchev–Trinajstić information content (AvgIpc) is 3.27. The number of hydrogen-bond acceptors (Lipinski definition) is 5. The molecule has 1 fully saturated rings. The standard InChI is InChI=1S/C25H25FN6O/c1-17-5-4-7-19(15-17)24-29-28-22-9-10-23(30-32(22)24)31-13-11-18(12-14-31)25(33)27-16-20-6-2-3-8-21(20)26/h2-10,15,18H,11-14,16H2,1H3,(H,27,33). The number of amides is 1. The highest BCUT2D eigenvalue weighted by molar-refractivity contribution is 5.79. The minimum absolute atomic E-state index is 0.0261. The number of rotatable bonds is 5. The summed E-state index contributed by atoms with van der Waals surface area (Å²) in [6.07, 6.45) is 1.44. The topological polar surface area (TPSA) is 75.4 Å². The van der Waals surface area contributed by atoms with Crippen LogP contribution in [-0.2, 0) is 11.3 Å². The number of carbonyl (C=O) groups excluding carboxylic acids is 1. The van der Waals surface area contributed by atoms with Gasteiger partial charge in [-0.3, -0.25) is 4.79 Å². The molecule has 0 bridgehead atoms. The number of piperidine rings is 1. The van der Waals surface area contributed by atoms with E-state index in [9.17, 15) is 9.18 Å². The molecule has 2 aromatic heterocycles. The first-order chi connectivity index (χ1) is 16.1. The van der Waals surface area contributed by atoms with E-state index in [4.69, 9.17) is 5.10 Å². The lowest BCUT2D eigenvalue weighted by atomic mass is 9.96. The van der Waals surface area contributed by atoms with Gasteiger partial charge in [-0.05, 0) is 44.0 Å². The lowest BCUT2D eigenvalue weighted by Crippen LogP contribution is -2.40. The quantitative estimate of drug-likeness (QED) is 0.507. The van der Waals surface area contributed by atoms with Crippen molar-refractivity contribution in [3.8, 4) is 11.4 Å². The Morgan fingerprint density at radius 2 is 1.88 bits per heavy atom. The van der Waals surface area contributed by atoms with Crippen molar-refractivity contribution in [2.24, 2.45) is 5.92 Å². The number of nitrogens with one attached hydrogen (secondary N) is 1. The molecule has 0 unspecified atom stereocenters. The average molecular weight is 445 g/mol. The van der Waals surface area contributed by atoms with E-state index in [0.29, 0.717) is 17.0 Å². The summed E-state index contributed by atoms with van der Waals surface area (Å²) in [5, 5.41) is 16.3. The van der Waals surface area contributed by atoms with Gasteiger partial charge in [0.1, 0.15) is 11.6 Å². The number of fused-ring (bicyclic) bond motifs is 1. The second-order valence-electron chi connectivity index (χ2n) is 8.43. The van der Waals surface area contributed by atoms with Crippen LogP contribution in [0.1, 0.15) is 24.0 Å². The molecule has 3 heterocycles. The molecule has 168 valence electrons. The van der Waals surface area contributed by atoms with Crippen molar-refractivity contribution < 1.29 is 9.18 Å². The van der Waals surface area contributed by atoms with Crippen molar-refractivity contribution in [2.75, 3.05) is 18.0 Å². The molecule has 0 atom stereocenters. The first-order valence-electron chi connectivity index (χ1n) is 11.1. The molecule has 1 N–H and O–H groups in total. The number of hydrogen-bond donors (Lipinski definition) is 1. The third-order valence-corrected chi connectivity index (χ3v) is 6.13. The summed E-state index contributed by atoms with van der Waals surface area (Å²) in [5.74, 6) is 1.13. The first-order valence-corrected chi connectivity index (χ1v) is 11.1. The van der Waals surface area contributed by atoms with Gasteiger partial charge >= 0.3 is 0 Å². The Balaban J connectivity index is 1.25. The van der Waals surface area contributed by atoms with Crippen LogP contribution in [0.4, 0.5) is 10.2 Å². The van der Waals surface area contributed by atoms with Crippen LogP contribution in [0.2, 0.25) is 0 Å². The van der Waals surface area contributed by atoms with Crippen molar-refractivity contribution in [1.82, 2.24) is 25.1 Å². The summed E-state index contributed by atoms with van der Waals surface area (Å²) in [5.41, 5.74) is 3.31. The number of nitrogens with zero attached hydrogens (tertiary/aromatic N) is 5. The number of aromatic nitrogens is 4. The molecule has 5 rings (SSSR count).